The van der Waals surface area contributed by atoms with Crippen LogP contribution in [0.25, 0.3) is 0 Å². The van der Waals surface area contributed by atoms with E-state index in [1.807, 2.05) is 6.92 Å². The number of Topliss-reactive ketones (excluding diaryl/α,β-unsaturated/α-hetero) is 1. The molecular formula is C7H11NOS. The Morgan fingerprint density at radius 1 is 1.80 bits per heavy atom. The lowest BCUT2D eigenvalue weighted by atomic mass is 10.3. The van der Waals surface area contributed by atoms with Crippen molar-refractivity contribution < 1.29 is 4.79 Å². The Bertz CT molecular complexity index is 163. The molecule has 0 aliphatic carbocycles. The fourth-order valence-electron chi connectivity index (χ4n) is 0.343. The van der Waals surface area contributed by atoms with Gasteiger partial charge in [0.2, 0.25) is 0 Å². The predicted octanol–water partition coefficient (Wildman–Crippen LogP) is 1.87. The zero-order valence-electron chi connectivity index (χ0n) is 6.26. The van der Waals surface area contributed by atoms with Gasteiger partial charge in [0.15, 0.2) is 5.78 Å². The average Bonchev–Trinajstić information content (AvgIpc) is 2.19. The van der Waals surface area contributed by atoms with E-state index in [-0.39, 0.29) is 5.78 Å². The molecule has 0 aromatic heterocycles. The minimum atomic E-state index is 0.171. The minimum Gasteiger partial charge on any atom is -0.292 e. The van der Waals surface area contributed by atoms with Crippen LogP contribution in [0.5, 0.6) is 0 Å². The summed E-state index contributed by atoms with van der Waals surface area (Å²) in [5.41, 5.74) is 0.657. The maximum absolute atomic E-state index is 10.4. The van der Waals surface area contributed by atoms with E-state index >= 15 is 0 Å². The lowest BCUT2D eigenvalue weighted by molar-refractivity contribution is -0.110. The summed E-state index contributed by atoms with van der Waals surface area (Å²) in [4.78, 5) is 10.4. The van der Waals surface area contributed by atoms with Crippen LogP contribution >= 0.6 is 11.9 Å². The van der Waals surface area contributed by atoms with Crippen LogP contribution in [0.3, 0.4) is 0 Å². The lowest BCUT2D eigenvalue weighted by Gasteiger charge is -1.76. The van der Waals surface area contributed by atoms with E-state index < -0.39 is 0 Å². The number of nitrogens with zero attached hydrogens (tertiary/aromatic N) is 1. The van der Waals surface area contributed by atoms with Crippen LogP contribution in [-0.4, -0.2) is 17.2 Å². The summed E-state index contributed by atoms with van der Waals surface area (Å²) in [6.45, 7) is 6.99. The summed E-state index contributed by atoms with van der Waals surface area (Å²) in [5.74, 6) is 0.719. The van der Waals surface area contributed by atoms with Crippen LogP contribution in [0.2, 0.25) is 0 Å². The summed E-state index contributed by atoms with van der Waals surface area (Å²) >= 11 is 1.33. The normalized spacial score (nSPS) is 15.4. The van der Waals surface area contributed by atoms with Crippen molar-refractivity contribution in [2.45, 2.75) is 13.8 Å². The van der Waals surface area contributed by atoms with Gasteiger partial charge < -0.3 is 0 Å². The quantitative estimate of drug-likeness (QED) is 0.397. The summed E-state index contributed by atoms with van der Waals surface area (Å²) in [6.07, 6.45) is 1.75. The molecule has 0 unspecified atom stereocenters. The second-order valence-electron chi connectivity index (χ2n) is 1.78. The maximum Gasteiger partial charge on any atom is 0.189 e. The smallest absolute Gasteiger partial charge is 0.189 e. The Balaban J connectivity index is 0.000000236. The van der Waals surface area contributed by atoms with Crippen LogP contribution in [0, 0.1) is 0 Å². The maximum atomic E-state index is 10.4. The molecule has 2 nitrogen and oxygen atoms in total. The van der Waals surface area contributed by atoms with Crippen LogP contribution in [0.4, 0.5) is 0 Å². The Kier molecular flexibility index (Phi) is 4.94. The second kappa shape index (κ2) is 5.23. The molecule has 10 heavy (non-hydrogen) atoms. The first-order chi connectivity index (χ1) is 4.72. The Morgan fingerprint density at radius 3 is 2.40 bits per heavy atom. The highest BCUT2D eigenvalue weighted by Crippen LogP contribution is 2.10. The number of hydrogen-bond acceptors (Lipinski definition) is 3. The van der Waals surface area contributed by atoms with Crippen molar-refractivity contribution in [3.05, 3.63) is 12.7 Å². The van der Waals surface area contributed by atoms with Gasteiger partial charge in [-0.1, -0.05) is 6.08 Å². The Morgan fingerprint density at radius 2 is 2.30 bits per heavy atom. The SMILES string of the molecule is C=CC.CC1=NSCC1=O. The molecule has 1 heterocycles. The van der Waals surface area contributed by atoms with Gasteiger partial charge in [0.25, 0.3) is 0 Å². The van der Waals surface area contributed by atoms with Gasteiger partial charge in [0.05, 0.1) is 11.5 Å². The van der Waals surface area contributed by atoms with E-state index in [1.165, 1.54) is 11.9 Å². The van der Waals surface area contributed by atoms with Gasteiger partial charge in [-0.25, -0.2) is 4.40 Å². The number of allylic oxidation sites excluding steroid dienone is 1. The molecule has 3 heteroatoms. The standard InChI is InChI=1S/C4H5NOS.C3H6/c1-3-4(6)2-7-5-3;1-3-2/h2H2,1H3;3H,1H2,2H3. The molecule has 0 aromatic rings. The van der Waals surface area contributed by atoms with Crippen LogP contribution in [0.1, 0.15) is 13.8 Å². The first-order valence-electron chi connectivity index (χ1n) is 2.99. The molecule has 0 bridgehead atoms. The lowest BCUT2D eigenvalue weighted by Crippen LogP contribution is -2.04. The average molecular weight is 157 g/mol. The highest BCUT2D eigenvalue weighted by atomic mass is 32.2. The van der Waals surface area contributed by atoms with Crippen molar-refractivity contribution in [2.75, 3.05) is 5.75 Å². The van der Waals surface area contributed by atoms with Crippen molar-refractivity contribution in [2.24, 2.45) is 4.40 Å². The van der Waals surface area contributed by atoms with Crippen molar-refractivity contribution in [1.82, 2.24) is 0 Å². The zero-order chi connectivity index (χ0) is 7.98. The van der Waals surface area contributed by atoms with Gasteiger partial charge in [-0.15, -0.1) is 6.58 Å². The van der Waals surface area contributed by atoms with Crippen LogP contribution in [0.15, 0.2) is 17.1 Å². The molecule has 0 spiro atoms. The fourth-order valence-corrected chi connectivity index (χ4v) is 1.03. The molecule has 0 saturated carbocycles. The summed E-state index contributed by atoms with van der Waals surface area (Å²) < 4.78 is 3.80. The number of rotatable bonds is 0. The number of hydrogen-bond donors (Lipinski definition) is 0. The molecule has 1 aliphatic heterocycles. The van der Waals surface area contributed by atoms with E-state index in [2.05, 4.69) is 11.0 Å². The third-order valence-corrected chi connectivity index (χ3v) is 1.59. The van der Waals surface area contributed by atoms with Gasteiger partial charge in [0.1, 0.15) is 0 Å². The molecule has 0 atom stereocenters. The molecule has 56 valence electrons. The third-order valence-electron chi connectivity index (χ3n) is 0.801. The van der Waals surface area contributed by atoms with E-state index in [1.54, 1.807) is 13.0 Å². The topological polar surface area (TPSA) is 29.4 Å². The van der Waals surface area contributed by atoms with E-state index in [0.29, 0.717) is 11.5 Å². The van der Waals surface area contributed by atoms with Gasteiger partial charge in [-0.3, -0.25) is 4.79 Å². The first kappa shape index (κ1) is 9.43. The van der Waals surface area contributed by atoms with Crippen molar-refractivity contribution in [3.63, 3.8) is 0 Å². The molecule has 0 aromatic carbocycles. The van der Waals surface area contributed by atoms with E-state index in [4.69, 9.17) is 0 Å². The zero-order valence-corrected chi connectivity index (χ0v) is 7.07. The van der Waals surface area contributed by atoms with Gasteiger partial charge in [-0.2, -0.15) is 0 Å². The molecule has 0 N–H and O–H groups in total. The Hall–Kier alpha value is -0.570. The summed E-state index contributed by atoms with van der Waals surface area (Å²) in [7, 11) is 0. The van der Waals surface area contributed by atoms with Gasteiger partial charge in [-0.05, 0) is 25.8 Å². The fraction of sp³-hybridized carbons (Fsp3) is 0.429. The summed E-state index contributed by atoms with van der Waals surface area (Å²) in [6, 6.07) is 0. The number of carbonyl (C=O) groups is 1. The highest BCUT2D eigenvalue weighted by Gasteiger charge is 2.11. The summed E-state index contributed by atoms with van der Waals surface area (Å²) in [5, 5.41) is 0. The monoisotopic (exact) mass is 157 g/mol. The van der Waals surface area contributed by atoms with Crippen LogP contribution in [-0.2, 0) is 4.79 Å². The third kappa shape index (κ3) is 3.45. The molecular weight excluding hydrogens is 146 g/mol. The number of carbonyl (C=O) groups excluding carboxylic acids is 1. The molecule has 0 amide bonds. The van der Waals surface area contributed by atoms with Crippen molar-refractivity contribution >= 4 is 23.4 Å². The van der Waals surface area contributed by atoms with Crippen molar-refractivity contribution in [3.8, 4) is 0 Å². The number of ketones is 1. The van der Waals surface area contributed by atoms with E-state index in [0.717, 1.165) is 0 Å². The molecule has 1 rings (SSSR count). The first-order valence-corrected chi connectivity index (χ1v) is 3.93. The van der Waals surface area contributed by atoms with Crippen molar-refractivity contribution in [1.29, 1.82) is 0 Å². The Labute approximate surface area is 65.6 Å². The van der Waals surface area contributed by atoms with E-state index in [9.17, 15) is 4.79 Å². The molecule has 0 radical (unpaired) electrons. The van der Waals surface area contributed by atoms with Gasteiger partial charge in [0, 0.05) is 0 Å². The second-order valence-corrected chi connectivity index (χ2v) is 2.51. The minimum absolute atomic E-state index is 0.171. The van der Waals surface area contributed by atoms with Crippen LogP contribution < -0.4 is 0 Å². The van der Waals surface area contributed by atoms with Gasteiger partial charge >= 0.3 is 0 Å². The highest BCUT2D eigenvalue weighted by molar-refractivity contribution is 7.99. The molecule has 0 fully saturated rings. The largest absolute Gasteiger partial charge is 0.292 e. The molecule has 1 aliphatic rings. The predicted molar refractivity (Wildman–Crippen MR) is 46.4 cm³/mol. The molecule has 0 saturated heterocycles.